The van der Waals surface area contributed by atoms with Crippen molar-refractivity contribution in [2.24, 2.45) is 11.8 Å². The van der Waals surface area contributed by atoms with Crippen LogP contribution in [0.1, 0.15) is 40.5 Å². The van der Waals surface area contributed by atoms with Gasteiger partial charge in [-0.05, 0) is 38.5 Å². The summed E-state index contributed by atoms with van der Waals surface area (Å²) < 4.78 is 0. The third-order valence-electron chi connectivity index (χ3n) is 2.56. The molecule has 2 atom stereocenters. The topological polar surface area (TPSA) is 0 Å². The van der Waals surface area contributed by atoms with Gasteiger partial charge in [0.05, 0.1) is 0 Å². The zero-order valence-corrected chi connectivity index (χ0v) is 7.57. The highest BCUT2D eigenvalue weighted by Crippen LogP contribution is 2.36. The second-order valence-electron chi connectivity index (χ2n) is 3.97. The molecule has 58 valence electrons. The Morgan fingerprint density at radius 1 is 1.30 bits per heavy atom. The molecule has 0 unspecified atom stereocenters. The summed E-state index contributed by atoms with van der Waals surface area (Å²) in [5.74, 6) is 1.79. The van der Waals surface area contributed by atoms with Gasteiger partial charge in [0.25, 0.3) is 0 Å². The average molecular weight is 138 g/mol. The first-order valence-corrected chi connectivity index (χ1v) is 4.27. The van der Waals surface area contributed by atoms with Crippen molar-refractivity contribution in [2.45, 2.75) is 40.5 Å². The molecule has 1 saturated carbocycles. The van der Waals surface area contributed by atoms with Gasteiger partial charge in [-0.15, -0.1) is 0 Å². The molecule has 0 bridgehead atoms. The molecule has 0 aromatic heterocycles. The van der Waals surface area contributed by atoms with Gasteiger partial charge in [0, 0.05) is 0 Å². The van der Waals surface area contributed by atoms with Crippen molar-refractivity contribution in [1.29, 1.82) is 0 Å². The van der Waals surface area contributed by atoms with Crippen LogP contribution < -0.4 is 0 Å². The van der Waals surface area contributed by atoms with Crippen LogP contribution in [-0.4, -0.2) is 0 Å². The van der Waals surface area contributed by atoms with Crippen LogP contribution >= 0.6 is 0 Å². The van der Waals surface area contributed by atoms with Crippen LogP contribution in [0.25, 0.3) is 0 Å². The summed E-state index contributed by atoms with van der Waals surface area (Å²) in [6.45, 7) is 9.19. The Balaban J connectivity index is 2.73. The maximum Gasteiger partial charge on any atom is -0.0226 e. The van der Waals surface area contributed by atoms with E-state index >= 15 is 0 Å². The van der Waals surface area contributed by atoms with Crippen molar-refractivity contribution in [3.63, 3.8) is 0 Å². The molecule has 1 aliphatic carbocycles. The Labute approximate surface area is 64.3 Å². The Bertz CT molecular complexity index is 149. The highest BCUT2D eigenvalue weighted by atomic mass is 14.3. The van der Waals surface area contributed by atoms with Crippen molar-refractivity contribution < 1.29 is 0 Å². The van der Waals surface area contributed by atoms with E-state index in [4.69, 9.17) is 0 Å². The fourth-order valence-corrected chi connectivity index (χ4v) is 2.10. The minimum absolute atomic E-state index is 0.861. The van der Waals surface area contributed by atoms with Crippen LogP contribution in [-0.2, 0) is 0 Å². The van der Waals surface area contributed by atoms with Crippen LogP contribution in [0.15, 0.2) is 11.1 Å². The van der Waals surface area contributed by atoms with Gasteiger partial charge in [-0.2, -0.15) is 0 Å². The van der Waals surface area contributed by atoms with Gasteiger partial charge in [0.1, 0.15) is 0 Å². The highest BCUT2D eigenvalue weighted by molar-refractivity contribution is 5.17. The minimum atomic E-state index is 0.861. The van der Waals surface area contributed by atoms with Gasteiger partial charge in [0.2, 0.25) is 0 Å². The molecule has 0 nitrogen and oxygen atoms in total. The van der Waals surface area contributed by atoms with Crippen molar-refractivity contribution in [3.05, 3.63) is 11.1 Å². The van der Waals surface area contributed by atoms with E-state index in [9.17, 15) is 0 Å². The van der Waals surface area contributed by atoms with Crippen LogP contribution in [0.4, 0.5) is 0 Å². The SMILES string of the molecule is CC(C)=C1C[C@@H](C)C[C@@H]1C. The fourth-order valence-electron chi connectivity index (χ4n) is 2.10. The molecule has 0 heterocycles. The zero-order chi connectivity index (χ0) is 7.72. The van der Waals surface area contributed by atoms with Crippen LogP contribution in [0, 0.1) is 11.8 Å². The lowest BCUT2D eigenvalue weighted by molar-refractivity contribution is 0.563. The molecule has 10 heavy (non-hydrogen) atoms. The predicted molar refractivity (Wildman–Crippen MR) is 45.9 cm³/mol. The molecular formula is C10H18. The largest absolute Gasteiger partial charge is 0.0770 e. The summed E-state index contributed by atoms with van der Waals surface area (Å²) >= 11 is 0. The number of rotatable bonds is 0. The number of hydrogen-bond donors (Lipinski definition) is 0. The normalized spacial score (nSPS) is 33.0. The molecule has 1 rings (SSSR count). The van der Waals surface area contributed by atoms with E-state index in [1.54, 1.807) is 11.1 Å². The quantitative estimate of drug-likeness (QED) is 0.450. The molecule has 0 aliphatic heterocycles. The fraction of sp³-hybridized carbons (Fsp3) is 0.800. The zero-order valence-electron chi connectivity index (χ0n) is 7.57. The van der Waals surface area contributed by atoms with Gasteiger partial charge in [-0.1, -0.05) is 25.0 Å². The maximum absolute atomic E-state index is 2.35. The van der Waals surface area contributed by atoms with Gasteiger partial charge < -0.3 is 0 Å². The molecule has 0 amide bonds. The lowest BCUT2D eigenvalue weighted by Gasteiger charge is -2.05. The van der Waals surface area contributed by atoms with Gasteiger partial charge in [0.15, 0.2) is 0 Å². The van der Waals surface area contributed by atoms with Gasteiger partial charge in [-0.3, -0.25) is 0 Å². The first kappa shape index (κ1) is 7.84. The molecule has 0 aromatic rings. The summed E-state index contributed by atoms with van der Waals surface area (Å²) in [5.41, 5.74) is 3.27. The van der Waals surface area contributed by atoms with Crippen molar-refractivity contribution >= 4 is 0 Å². The third-order valence-corrected chi connectivity index (χ3v) is 2.56. The Morgan fingerprint density at radius 3 is 2.10 bits per heavy atom. The van der Waals surface area contributed by atoms with E-state index in [1.807, 2.05) is 0 Å². The predicted octanol–water partition coefficient (Wildman–Crippen LogP) is 3.39. The molecule has 1 fully saturated rings. The second kappa shape index (κ2) is 2.77. The molecular weight excluding hydrogens is 120 g/mol. The average Bonchev–Trinajstić information content (AvgIpc) is 2.10. The molecule has 0 radical (unpaired) electrons. The monoisotopic (exact) mass is 138 g/mol. The number of allylic oxidation sites excluding steroid dienone is 2. The van der Waals surface area contributed by atoms with Crippen LogP contribution in [0.5, 0.6) is 0 Å². The minimum Gasteiger partial charge on any atom is -0.0770 e. The summed E-state index contributed by atoms with van der Waals surface area (Å²) in [6, 6.07) is 0. The second-order valence-corrected chi connectivity index (χ2v) is 3.97. The van der Waals surface area contributed by atoms with Crippen molar-refractivity contribution in [2.75, 3.05) is 0 Å². The van der Waals surface area contributed by atoms with Gasteiger partial charge >= 0.3 is 0 Å². The summed E-state index contributed by atoms with van der Waals surface area (Å²) in [5, 5.41) is 0. The number of hydrogen-bond acceptors (Lipinski definition) is 0. The van der Waals surface area contributed by atoms with E-state index in [-0.39, 0.29) is 0 Å². The summed E-state index contributed by atoms with van der Waals surface area (Å²) in [7, 11) is 0. The van der Waals surface area contributed by atoms with E-state index < -0.39 is 0 Å². The lowest BCUT2D eigenvalue weighted by atomic mass is 10.0. The summed E-state index contributed by atoms with van der Waals surface area (Å²) in [6.07, 6.45) is 2.75. The van der Waals surface area contributed by atoms with E-state index in [0.717, 1.165) is 11.8 Å². The van der Waals surface area contributed by atoms with Crippen LogP contribution in [0.2, 0.25) is 0 Å². The smallest absolute Gasteiger partial charge is 0.0226 e. The van der Waals surface area contributed by atoms with Gasteiger partial charge in [-0.25, -0.2) is 0 Å². The highest BCUT2D eigenvalue weighted by Gasteiger charge is 2.22. The third kappa shape index (κ3) is 1.42. The van der Waals surface area contributed by atoms with E-state index in [2.05, 4.69) is 27.7 Å². The molecule has 0 heteroatoms. The maximum atomic E-state index is 2.35. The first-order chi connectivity index (χ1) is 4.61. The standard InChI is InChI=1S/C10H18/c1-7(2)10-6-8(3)5-9(10)4/h8-9H,5-6H2,1-4H3/t8-,9-/m0/s1. The first-order valence-electron chi connectivity index (χ1n) is 4.27. The molecule has 0 aromatic carbocycles. The molecule has 0 saturated heterocycles. The van der Waals surface area contributed by atoms with E-state index in [0.29, 0.717) is 0 Å². The molecule has 1 aliphatic rings. The molecule has 0 N–H and O–H groups in total. The van der Waals surface area contributed by atoms with E-state index in [1.165, 1.54) is 12.8 Å². The van der Waals surface area contributed by atoms with Crippen molar-refractivity contribution in [1.82, 2.24) is 0 Å². The Hall–Kier alpha value is -0.260. The van der Waals surface area contributed by atoms with Crippen LogP contribution in [0.3, 0.4) is 0 Å². The molecule has 0 spiro atoms. The Morgan fingerprint density at radius 2 is 1.90 bits per heavy atom. The van der Waals surface area contributed by atoms with Crippen molar-refractivity contribution in [3.8, 4) is 0 Å². The summed E-state index contributed by atoms with van der Waals surface area (Å²) in [4.78, 5) is 0. The Kier molecular flexibility index (Phi) is 2.18. The lowest BCUT2D eigenvalue weighted by Crippen LogP contribution is -1.90.